The van der Waals surface area contributed by atoms with E-state index in [2.05, 4.69) is 20.5 Å². The smallest absolute Gasteiger partial charge is 0.270 e. The van der Waals surface area contributed by atoms with Gasteiger partial charge in [0.05, 0.1) is 43.9 Å². The fourth-order valence-electron chi connectivity index (χ4n) is 2.99. The van der Waals surface area contributed by atoms with Gasteiger partial charge in [0.25, 0.3) is 5.91 Å². The van der Waals surface area contributed by atoms with Crippen molar-refractivity contribution in [2.24, 2.45) is 0 Å². The third kappa shape index (κ3) is 4.71. The molecule has 0 unspecified atom stereocenters. The number of rotatable bonds is 5. The van der Waals surface area contributed by atoms with Gasteiger partial charge in [0.2, 0.25) is 5.91 Å². The van der Waals surface area contributed by atoms with Gasteiger partial charge in [-0.2, -0.15) is 5.10 Å². The fourth-order valence-corrected chi connectivity index (χ4v) is 3.53. The molecule has 0 aliphatic carbocycles. The van der Waals surface area contributed by atoms with E-state index in [1.165, 1.54) is 11.3 Å². The van der Waals surface area contributed by atoms with E-state index < -0.39 is 5.60 Å². The van der Waals surface area contributed by atoms with Gasteiger partial charge in [0, 0.05) is 23.2 Å². The SMILES string of the molecule is Cc1n[nH]c(C)c1CC(=O)N1CCOC[C@](O)(CNC(=O)c2cscn2)C1. The van der Waals surface area contributed by atoms with Crippen LogP contribution in [-0.2, 0) is 16.0 Å². The molecule has 1 aliphatic heterocycles. The van der Waals surface area contributed by atoms with Crippen molar-refractivity contribution < 1.29 is 19.4 Å². The van der Waals surface area contributed by atoms with Gasteiger partial charge in [0.15, 0.2) is 0 Å². The lowest BCUT2D eigenvalue weighted by Gasteiger charge is -2.31. The minimum atomic E-state index is -1.36. The van der Waals surface area contributed by atoms with E-state index in [-0.39, 0.29) is 37.9 Å². The lowest BCUT2D eigenvalue weighted by atomic mass is 10.0. The van der Waals surface area contributed by atoms with Gasteiger partial charge in [-0.15, -0.1) is 11.3 Å². The van der Waals surface area contributed by atoms with Crippen LogP contribution in [0.1, 0.15) is 27.4 Å². The van der Waals surface area contributed by atoms with Crippen LogP contribution in [0.4, 0.5) is 0 Å². The van der Waals surface area contributed by atoms with Crippen LogP contribution < -0.4 is 5.32 Å². The van der Waals surface area contributed by atoms with Crippen molar-refractivity contribution in [2.45, 2.75) is 25.9 Å². The lowest BCUT2D eigenvalue weighted by Crippen LogP contribution is -2.53. The first-order chi connectivity index (χ1) is 12.9. The quantitative estimate of drug-likeness (QED) is 0.660. The summed E-state index contributed by atoms with van der Waals surface area (Å²) in [4.78, 5) is 30.3. The summed E-state index contributed by atoms with van der Waals surface area (Å²) in [6, 6.07) is 0. The number of β-amino-alcohol motifs (C(OH)–C–C–N with tert-alkyl or cyclic N) is 1. The maximum Gasteiger partial charge on any atom is 0.270 e. The predicted molar refractivity (Wildman–Crippen MR) is 98.6 cm³/mol. The Labute approximate surface area is 160 Å². The number of ether oxygens (including phenoxy) is 1. The van der Waals surface area contributed by atoms with Crippen molar-refractivity contribution in [2.75, 3.05) is 32.8 Å². The molecule has 0 radical (unpaired) electrons. The summed E-state index contributed by atoms with van der Waals surface area (Å²) in [6.45, 7) is 4.53. The molecule has 3 N–H and O–H groups in total. The van der Waals surface area contributed by atoms with Crippen molar-refractivity contribution in [3.8, 4) is 0 Å². The Morgan fingerprint density at radius 3 is 2.96 bits per heavy atom. The van der Waals surface area contributed by atoms with Crippen LogP contribution in [0, 0.1) is 13.8 Å². The van der Waals surface area contributed by atoms with Crippen molar-refractivity contribution in [1.82, 2.24) is 25.4 Å². The Morgan fingerprint density at radius 1 is 1.48 bits per heavy atom. The summed E-state index contributed by atoms with van der Waals surface area (Å²) in [7, 11) is 0. The molecule has 0 saturated carbocycles. The Balaban J connectivity index is 1.63. The number of nitrogens with zero attached hydrogens (tertiary/aromatic N) is 3. The first-order valence-electron chi connectivity index (χ1n) is 8.63. The highest BCUT2D eigenvalue weighted by Gasteiger charge is 2.35. The van der Waals surface area contributed by atoms with E-state index in [9.17, 15) is 14.7 Å². The topological polar surface area (TPSA) is 120 Å². The molecule has 3 rings (SSSR count). The van der Waals surface area contributed by atoms with Gasteiger partial charge in [-0.1, -0.05) is 0 Å². The zero-order chi connectivity index (χ0) is 19.4. The Hall–Kier alpha value is -2.30. The number of H-pyrrole nitrogens is 1. The van der Waals surface area contributed by atoms with Crippen molar-refractivity contribution >= 4 is 23.2 Å². The molecule has 9 nitrogen and oxygen atoms in total. The van der Waals surface area contributed by atoms with E-state index in [1.807, 2.05) is 13.8 Å². The highest BCUT2D eigenvalue weighted by atomic mass is 32.1. The van der Waals surface area contributed by atoms with Gasteiger partial charge in [-0.3, -0.25) is 14.7 Å². The van der Waals surface area contributed by atoms with Crippen LogP contribution >= 0.6 is 11.3 Å². The van der Waals surface area contributed by atoms with Crippen LogP contribution in [0.3, 0.4) is 0 Å². The van der Waals surface area contributed by atoms with E-state index >= 15 is 0 Å². The van der Waals surface area contributed by atoms with E-state index in [0.29, 0.717) is 18.8 Å². The molecule has 0 spiro atoms. The van der Waals surface area contributed by atoms with Crippen molar-refractivity contribution in [3.63, 3.8) is 0 Å². The maximum absolute atomic E-state index is 12.8. The normalized spacial score (nSPS) is 20.3. The Morgan fingerprint density at radius 2 is 2.30 bits per heavy atom. The molecule has 3 heterocycles. The van der Waals surface area contributed by atoms with E-state index in [4.69, 9.17) is 4.74 Å². The highest BCUT2D eigenvalue weighted by Crippen LogP contribution is 2.16. The van der Waals surface area contributed by atoms with Gasteiger partial charge in [0.1, 0.15) is 11.3 Å². The fraction of sp³-hybridized carbons (Fsp3) is 0.529. The van der Waals surface area contributed by atoms with Crippen LogP contribution in [-0.4, -0.2) is 75.5 Å². The molecule has 2 amide bonds. The lowest BCUT2D eigenvalue weighted by molar-refractivity contribution is -0.133. The molecule has 2 aromatic rings. The van der Waals surface area contributed by atoms with E-state index in [1.54, 1.807) is 15.8 Å². The predicted octanol–water partition coefficient (Wildman–Crippen LogP) is 0.0454. The van der Waals surface area contributed by atoms with Gasteiger partial charge in [-0.05, 0) is 13.8 Å². The standard InChI is InChI=1S/C17H23N5O4S/c1-11-13(12(2)21-20-11)5-15(23)22-3-4-26-9-17(25,8-22)7-18-16(24)14-6-27-10-19-14/h6,10,25H,3-5,7-9H2,1-2H3,(H,18,24)(H,20,21)/t17-/m0/s1. The first kappa shape index (κ1) is 19.5. The average Bonchev–Trinajstić information content (AvgIpc) is 3.23. The molecule has 146 valence electrons. The van der Waals surface area contributed by atoms with Gasteiger partial charge < -0.3 is 20.1 Å². The minimum absolute atomic E-state index is 0.0308. The second kappa shape index (κ2) is 8.15. The second-order valence-corrected chi connectivity index (χ2v) is 7.46. The highest BCUT2D eigenvalue weighted by molar-refractivity contribution is 7.07. The number of nitrogens with one attached hydrogen (secondary N) is 2. The second-order valence-electron chi connectivity index (χ2n) is 6.74. The Kier molecular flexibility index (Phi) is 5.88. The average molecular weight is 393 g/mol. The van der Waals surface area contributed by atoms with Crippen LogP contribution in [0.25, 0.3) is 0 Å². The number of hydrogen-bond acceptors (Lipinski definition) is 7. The zero-order valence-electron chi connectivity index (χ0n) is 15.3. The molecule has 0 bridgehead atoms. The summed E-state index contributed by atoms with van der Waals surface area (Å²) in [6.07, 6.45) is 0.204. The number of aliphatic hydroxyl groups is 1. The third-order valence-corrected chi connectivity index (χ3v) is 5.15. The summed E-state index contributed by atoms with van der Waals surface area (Å²) in [5, 5.41) is 22.2. The van der Waals surface area contributed by atoms with Crippen LogP contribution in [0.15, 0.2) is 10.9 Å². The molecule has 2 aromatic heterocycles. The first-order valence-corrected chi connectivity index (χ1v) is 9.57. The monoisotopic (exact) mass is 393 g/mol. The molecule has 1 saturated heterocycles. The Bertz CT molecular complexity index is 787. The molecular weight excluding hydrogens is 370 g/mol. The largest absolute Gasteiger partial charge is 0.384 e. The zero-order valence-corrected chi connectivity index (χ0v) is 16.1. The van der Waals surface area contributed by atoms with Gasteiger partial charge in [-0.25, -0.2) is 4.98 Å². The molecule has 10 heteroatoms. The van der Waals surface area contributed by atoms with E-state index in [0.717, 1.165) is 17.0 Å². The number of carbonyl (C=O) groups excluding carboxylic acids is 2. The molecule has 1 aliphatic rings. The van der Waals surface area contributed by atoms with Crippen molar-refractivity contribution in [1.29, 1.82) is 0 Å². The molecule has 0 aromatic carbocycles. The third-order valence-electron chi connectivity index (χ3n) is 4.57. The van der Waals surface area contributed by atoms with Crippen LogP contribution in [0.2, 0.25) is 0 Å². The summed E-state index contributed by atoms with van der Waals surface area (Å²) in [5.74, 6) is -0.478. The molecule has 1 fully saturated rings. The minimum Gasteiger partial charge on any atom is -0.384 e. The maximum atomic E-state index is 12.8. The number of thiazole rings is 1. The summed E-state index contributed by atoms with van der Waals surface area (Å²) in [5.41, 5.74) is 3.02. The number of amides is 2. The number of hydrogen-bond donors (Lipinski definition) is 3. The molecule has 1 atom stereocenters. The summed E-state index contributed by atoms with van der Waals surface area (Å²) < 4.78 is 5.47. The molecular formula is C17H23N5O4S. The summed E-state index contributed by atoms with van der Waals surface area (Å²) >= 11 is 1.32. The van der Waals surface area contributed by atoms with Crippen molar-refractivity contribution in [3.05, 3.63) is 33.5 Å². The number of aryl methyl sites for hydroxylation is 2. The number of carbonyl (C=O) groups is 2. The number of aromatic nitrogens is 3. The van der Waals surface area contributed by atoms with Gasteiger partial charge >= 0.3 is 0 Å². The molecule has 27 heavy (non-hydrogen) atoms. The van der Waals surface area contributed by atoms with Crippen LogP contribution in [0.5, 0.6) is 0 Å². The number of aromatic amines is 1.